The minimum atomic E-state index is 0.0722. The Morgan fingerprint density at radius 3 is 2.43 bits per heavy atom. The summed E-state index contributed by atoms with van der Waals surface area (Å²) in [5, 5.41) is 2.94. The lowest BCUT2D eigenvalue weighted by atomic mass is 9.96. The SMILES string of the molecule is CC(C)C(=O)CCCC(=O)NCCCCCCOC1CCC1I. The molecule has 1 amide bonds. The number of hydrogen-bond acceptors (Lipinski definition) is 3. The Hall–Kier alpha value is -0.170. The van der Waals surface area contributed by atoms with Crippen LogP contribution in [0.15, 0.2) is 0 Å². The van der Waals surface area contributed by atoms with E-state index < -0.39 is 0 Å². The molecule has 4 nitrogen and oxygen atoms in total. The van der Waals surface area contributed by atoms with Crippen LogP contribution >= 0.6 is 22.6 Å². The van der Waals surface area contributed by atoms with Crippen LogP contribution in [-0.4, -0.2) is 34.9 Å². The second-order valence-corrected chi connectivity index (χ2v) is 8.34. The highest BCUT2D eigenvalue weighted by Crippen LogP contribution is 2.30. The van der Waals surface area contributed by atoms with E-state index in [0.29, 0.717) is 25.4 Å². The van der Waals surface area contributed by atoms with Gasteiger partial charge >= 0.3 is 0 Å². The molecule has 0 aliphatic heterocycles. The number of hydrogen-bond donors (Lipinski definition) is 1. The van der Waals surface area contributed by atoms with Gasteiger partial charge in [-0.2, -0.15) is 0 Å². The first-order valence-corrected chi connectivity index (χ1v) is 10.3. The lowest BCUT2D eigenvalue weighted by molar-refractivity contribution is -0.122. The van der Waals surface area contributed by atoms with Crippen LogP contribution in [0.3, 0.4) is 0 Å². The summed E-state index contributed by atoms with van der Waals surface area (Å²) in [6, 6.07) is 0. The second kappa shape index (κ2) is 12.2. The Morgan fingerprint density at radius 1 is 1.09 bits per heavy atom. The molecule has 0 aromatic rings. The van der Waals surface area contributed by atoms with Gasteiger partial charge in [-0.15, -0.1) is 0 Å². The van der Waals surface area contributed by atoms with E-state index in [1.165, 1.54) is 12.8 Å². The van der Waals surface area contributed by atoms with Gasteiger partial charge in [-0.25, -0.2) is 0 Å². The number of carbonyl (C=O) groups is 2. The zero-order valence-electron chi connectivity index (χ0n) is 14.6. The first-order valence-electron chi connectivity index (χ1n) is 9.05. The van der Waals surface area contributed by atoms with Gasteiger partial charge in [-0.05, 0) is 32.1 Å². The molecule has 23 heavy (non-hydrogen) atoms. The number of amides is 1. The minimum Gasteiger partial charge on any atom is -0.377 e. The van der Waals surface area contributed by atoms with Crippen LogP contribution in [0, 0.1) is 5.92 Å². The lowest BCUT2D eigenvalue weighted by Gasteiger charge is -2.32. The predicted octanol–water partition coefficient (Wildman–Crippen LogP) is 4.04. The monoisotopic (exact) mass is 437 g/mol. The third-order valence-electron chi connectivity index (χ3n) is 4.33. The summed E-state index contributed by atoms with van der Waals surface area (Å²) in [6.45, 7) is 5.43. The van der Waals surface area contributed by atoms with E-state index in [4.69, 9.17) is 4.74 Å². The zero-order valence-corrected chi connectivity index (χ0v) is 16.8. The standard InChI is InChI=1S/C18H32INO3/c1-14(2)16(21)8-7-9-18(22)20-12-5-3-4-6-13-23-17-11-10-15(17)19/h14-15,17H,3-13H2,1-2H3,(H,20,22). The van der Waals surface area contributed by atoms with Crippen molar-refractivity contribution in [3.63, 3.8) is 0 Å². The normalized spacial score (nSPS) is 20.3. The van der Waals surface area contributed by atoms with Crippen LogP contribution in [0.1, 0.15) is 71.6 Å². The maximum atomic E-state index is 11.6. The Morgan fingerprint density at radius 2 is 1.83 bits per heavy atom. The van der Waals surface area contributed by atoms with Gasteiger partial charge in [0.15, 0.2) is 0 Å². The van der Waals surface area contributed by atoms with Crippen molar-refractivity contribution in [2.75, 3.05) is 13.2 Å². The van der Waals surface area contributed by atoms with Crippen LogP contribution in [0.2, 0.25) is 0 Å². The topological polar surface area (TPSA) is 55.4 Å². The molecule has 1 fully saturated rings. The largest absolute Gasteiger partial charge is 0.377 e. The number of unbranched alkanes of at least 4 members (excludes halogenated alkanes) is 3. The highest BCUT2D eigenvalue weighted by atomic mass is 127. The molecule has 134 valence electrons. The summed E-state index contributed by atoms with van der Waals surface area (Å²) >= 11 is 2.47. The first kappa shape index (κ1) is 20.9. The molecule has 1 rings (SSSR count). The molecule has 0 aromatic heterocycles. The lowest BCUT2D eigenvalue weighted by Crippen LogP contribution is -2.34. The summed E-state index contributed by atoms with van der Waals surface area (Å²) in [5.74, 6) is 0.396. The molecule has 1 aliphatic carbocycles. The van der Waals surface area contributed by atoms with Crippen LogP contribution in [-0.2, 0) is 14.3 Å². The van der Waals surface area contributed by atoms with Gasteiger partial charge in [0.1, 0.15) is 5.78 Å². The van der Waals surface area contributed by atoms with Gasteiger partial charge in [0, 0.05) is 35.8 Å². The molecule has 1 N–H and O–H groups in total. The molecular formula is C18H32INO3. The Kier molecular flexibility index (Phi) is 11.1. The third-order valence-corrected chi connectivity index (χ3v) is 5.75. The maximum Gasteiger partial charge on any atom is 0.220 e. The van der Waals surface area contributed by atoms with Gasteiger partial charge in [0.2, 0.25) is 5.91 Å². The molecule has 0 spiro atoms. The van der Waals surface area contributed by atoms with Crippen molar-refractivity contribution in [2.24, 2.45) is 5.92 Å². The maximum absolute atomic E-state index is 11.6. The molecule has 0 bridgehead atoms. The van der Waals surface area contributed by atoms with Crippen LogP contribution in [0.4, 0.5) is 0 Å². The third kappa shape index (κ3) is 9.65. The van der Waals surface area contributed by atoms with Crippen molar-refractivity contribution in [1.29, 1.82) is 0 Å². The van der Waals surface area contributed by atoms with Crippen LogP contribution < -0.4 is 5.32 Å². The van der Waals surface area contributed by atoms with E-state index in [1.54, 1.807) is 0 Å². The van der Waals surface area contributed by atoms with E-state index >= 15 is 0 Å². The molecule has 0 heterocycles. The van der Waals surface area contributed by atoms with E-state index in [2.05, 4.69) is 27.9 Å². The highest BCUT2D eigenvalue weighted by molar-refractivity contribution is 14.1. The molecule has 0 radical (unpaired) electrons. The molecule has 0 aromatic carbocycles. The fourth-order valence-corrected chi connectivity index (χ4v) is 3.39. The molecule has 1 saturated carbocycles. The average molecular weight is 437 g/mol. The average Bonchev–Trinajstić information content (AvgIpc) is 2.51. The number of Topliss-reactive ketones (excluding diaryl/α,β-unsaturated/α-hetero) is 1. The van der Waals surface area contributed by atoms with Crippen molar-refractivity contribution >= 4 is 34.3 Å². The highest BCUT2D eigenvalue weighted by Gasteiger charge is 2.28. The molecule has 5 heteroatoms. The number of carbonyl (C=O) groups excluding carboxylic acids is 2. The smallest absolute Gasteiger partial charge is 0.220 e. The van der Waals surface area contributed by atoms with Gasteiger partial charge < -0.3 is 10.1 Å². The Balaban J connectivity index is 1.83. The van der Waals surface area contributed by atoms with E-state index in [-0.39, 0.29) is 17.6 Å². The summed E-state index contributed by atoms with van der Waals surface area (Å²) < 4.78 is 6.53. The van der Waals surface area contributed by atoms with Gasteiger partial charge in [-0.1, -0.05) is 49.3 Å². The number of ether oxygens (including phenoxy) is 1. The predicted molar refractivity (Wildman–Crippen MR) is 102 cm³/mol. The summed E-state index contributed by atoms with van der Waals surface area (Å²) in [7, 11) is 0. The second-order valence-electron chi connectivity index (χ2n) is 6.74. The summed E-state index contributed by atoms with van der Waals surface area (Å²) in [6.07, 6.45) is 9.11. The van der Waals surface area contributed by atoms with Crippen molar-refractivity contribution < 1.29 is 14.3 Å². The number of rotatable bonds is 13. The van der Waals surface area contributed by atoms with E-state index in [0.717, 1.165) is 42.8 Å². The van der Waals surface area contributed by atoms with Gasteiger partial charge in [-0.3, -0.25) is 9.59 Å². The van der Waals surface area contributed by atoms with Crippen LogP contribution in [0.25, 0.3) is 0 Å². The Bertz CT molecular complexity index is 360. The molecule has 0 saturated heterocycles. The fourth-order valence-electron chi connectivity index (χ4n) is 2.46. The van der Waals surface area contributed by atoms with Gasteiger partial charge in [0.05, 0.1) is 6.10 Å². The molecular weight excluding hydrogens is 405 g/mol. The zero-order chi connectivity index (χ0) is 17.1. The number of halogens is 1. The Labute approximate surface area is 154 Å². The van der Waals surface area contributed by atoms with E-state index in [9.17, 15) is 9.59 Å². The summed E-state index contributed by atoms with van der Waals surface area (Å²) in [4.78, 5) is 23.1. The number of alkyl halides is 1. The van der Waals surface area contributed by atoms with Crippen LogP contribution in [0.5, 0.6) is 0 Å². The number of nitrogens with one attached hydrogen (secondary N) is 1. The fraction of sp³-hybridized carbons (Fsp3) is 0.889. The quantitative estimate of drug-likeness (QED) is 0.269. The molecule has 1 aliphatic rings. The van der Waals surface area contributed by atoms with Gasteiger partial charge in [0.25, 0.3) is 0 Å². The molecule has 2 unspecified atom stereocenters. The minimum absolute atomic E-state index is 0.0722. The summed E-state index contributed by atoms with van der Waals surface area (Å²) in [5.41, 5.74) is 0. The van der Waals surface area contributed by atoms with Crippen molar-refractivity contribution in [2.45, 2.75) is 81.7 Å². The number of ketones is 1. The van der Waals surface area contributed by atoms with Crippen molar-refractivity contribution in [3.8, 4) is 0 Å². The van der Waals surface area contributed by atoms with Crippen molar-refractivity contribution in [1.82, 2.24) is 5.32 Å². The first-order chi connectivity index (χ1) is 11.0. The van der Waals surface area contributed by atoms with Crippen molar-refractivity contribution in [3.05, 3.63) is 0 Å². The molecule has 2 atom stereocenters. The van der Waals surface area contributed by atoms with E-state index in [1.807, 2.05) is 13.8 Å².